The van der Waals surface area contributed by atoms with E-state index in [1.807, 2.05) is 11.8 Å². The Bertz CT molecular complexity index is 455. The first-order valence-electron chi connectivity index (χ1n) is 5.92. The molecular weight excluding hydrogens is 250 g/mol. The van der Waals surface area contributed by atoms with Crippen LogP contribution in [0.25, 0.3) is 0 Å². The summed E-state index contributed by atoms with van der Waals surface area (Å²) >= 11 is 1.84. The Morgan fingerprint density at radius 1 is 1.61 bits per heavy atom. The third kappa shape index (κ3) is 2.58. The first-order valence-corrected chi connectivity index (χ1v) is 7.15. The highest BCUT2D eigenvalue weighted by Gasteiger charge is 2.36. The second kappa shape index (κ2) is 5.14. The van der Waals surface area contributed by atoms with Gasteiger partial charge in [-0.15, -0.1) is 0 Å². The van der Waals surface area contributed by atoms with Crippen molar-refractivity contribution in [3.8, 4) is 0 Å². The predicted octanol–water partition coefficient (Wildman–Crippen LogP) is 2.18. The Morgan fingerprint density at radius 3 is 2.83 bits per heavy atom. The van der Waals surface area contributed by atoms with E-state index in [2.05, 4.69) is 21.5 Å². The normalized spacial score (nSPS) is 17.0. The van der Waals surface area contributed by atoms with Crippen LogP contribution >= 0.6 is 11.8 Å². The van der Waals surface area contributed by atoms with Gasteiger partial charge >= 0.3 is 5.97 Å². The number of rotatable bonds is 5. The zero-order valence-electron chi connectivity index (χ0n) is 10.6. The van der Waals surface area contributed by atoms with Crippen molar-refractivity contribution < 1.29 is 9.90 Å². The number of aromatic nitrogens is 2. The summed E-state index contributed by atoms with van der Waals surface area (Å²) in [5, 5.41) is 12.3. The van der Waals surface area contributed by atoms with Crippen LogP contribution in [-0.2, 0) is 0 Å². The van der Waals surface area contributed by atoms with E-state index in [0.717, 1.165) is 6.54 Å². The molecule has 0 spiro atoms. The van der Waals surface area contributed by atoms with Crippen molar-refractivity contribution in [1.82, 2.24) is 9.97 Å². The minimum absolute atomic E-state index is 0.135. The molecule has 18 heavy (non-hydrogen) atoms. The largest absolute Gasteiger partial charge is 0.477 e. The Kier molecular flexibility index (Phi) is 3.75. The lowest BCUT2D eigenvalue weighted by atomic mass is 9.84. The van der Waals surface area contributed by atoms with Crippen LogP contribution in [0.1, 0.15) is 35.4 Å². The first kappa shape index (κ1) is 13.1. The number of nitrogens with zero attached hydrogens (tertiary/aromatic N) is 2. The van der Waals surface area contributed by atoms with Gasteiger partial charge < -0.3 is 10.4 Å². The van der Waals surface area contributed by atoms with Gasteiger partial charge in [0.2, 0.25) is 0 Å². The second-order valence-electron chi connectivity index (χ2n) is 4.58. The zero-order valence-corrected chi connectivity index (χ0v) is 11.4. The zero-order chi connectivity index (χ0) is 13.2. The molecule has 0 bridgehead atoms. The molecule has 2 rings (SSSR count). The number of carboxylic acid groups (broad SMARTS) is 1. The van der Waals surface area contributed by atoms with Gasteiger partial charge in [0.25, 0.3) is 0 Å². The molecule has 0 aliphatic heterocycles. The van der Waals surface area contributed by atoms with Crippen LogP contribution in [0.15, 0.2) is 6.20 Å². The SMILES string of the molecule is CSC1(CNc2nc(C)ncc2C(=O)O)CCC1. The molecular formula is C12H17N3O2S. The summed E-state index contributed by atoms with van der Waals surface area (Å²) < 4.78 is 0.245. The van der Waals surface area contributed by atoms with Gasteiger partial charge in [0.05, 0.1) is 0 Å². The van der Waals surface area contributed by atoms with Gasteiger partial charge in [0, 0.05) is 17.5 Å². The highest BCUT2D eigenvalue weighted by atomic mass is 32.2. The lowest BCUT2D eigenvalue weighted by molar-refractivity contribution is 0.0697. The van der Waals surface area contributed by atoms with Gasteiger partial charge in [-0.25, -0.2) is 14.8 Å². The first-order chi connectivity index (χ1) is 8.56. The molecule has 0 radical (unpaired) electrons. The van der Waals surface area contributed by atoms with Crippen LogP contribution in [-0.4, -0.2) is 38.6 Å². The average molecular weight is 267 g/mol. The van der Waals surface area contributed by atoms with Crippen molar-refractivity contribution in [2.45, 2.75) is 30.9 Å². The summed E-state index contributed by atoms with van der Waals surface area (Å²) in [4.78, 5) is 19.2. The van der Waals surface area contributed by atoms with Crippen LogP contribution in [0.3, 0.4) is 0 Å². The summed E-state index contributed by atoms with van der Waals surface area (Å²) in [6.07, 6.45) is 7.06. The van der Waals surface area contributed by atoms with Gasteiger partial charge in [-0.3, -0.25) is 0 Å². The molecule has 5 nitrogen and oxygen atoms in total. The molecule has 1 fully saturated rings. The monoisotopic (exact) mass is 267 g/mol. The fraction of sp³-hybridized carbons (Fsp3) is 0.583. The minimum Gasteiger partial charge on any atom is -0.477 e. The molecule has 1 aromatic heterocycles. The lowest BCUT2D eigenvalue weighted by Crippen LogP contribution is -2.40. The molecule has 0 aromatic carbocycles. The molecule has 0 atom stereocenters. The summed E-state index contributed by atoms with van der Waals surface area (Å²) in [7, 11) is 0. The standard InChI is InChI=1S/C12H17N3O2S/c1-8-13-6-9(11(16)17)10(15-8)14-7-12(18-2)4-3-5-12/h6H,3-5,7H2,1-2H3,(H,16,17)(H,13,14,15). The number of hydrogen-bond acceptors (Lipinski definition) is 5. The minimum atomic E-state index is -0.996. The third-order valence-electron chi connectivity index (χ3n) is 3.42. The Hall–Kier alpha value is -1.30. The molecule has 6 heteroatoms. The smallest absolute Gasteiger partial charge is 0.341 e. The van der Waals surface area contributed by atoms with Crippen LogP contribution < -0.4 is 5.32 Å². The molecule has 98 valence electrons. The molecule has 0 saturated heterocycles. The van der Waals surface area contributed by atoms with Crippen molar-refractivity contribution in [2.75, 3.05) is 18.1 Å². The number of anilines is 1. The number of aryl methyl sites for hydroxylation is 1. The van der Waals surface area contributed by atoms with E-state index in [4.69, 9.17) is 5.11 Å². The maximum absolute atomic E-state index is 11.1. The third-order valence-corrected chi connectivity index (χ3v) is 4.83. The van der Waals surface area contributed by atoms with E-state index < -0.39 is 5.97 Å². The maximum Gasteiger partial charge on any atom is 0.341 e. The number of nitrogens with one attached hydrogen (secondary N) is 1. The van der Waals surface area contributed by atoms with Crippen molar-refractivity contribution in [2.24, 2.45) is 0 Å². The highest BCUT2D eigenvalue weighted by molar-refractivity contribution is 8.00. The van der Waals surface area contributed by atoms with Gasteiger partial charge in [0.15, 0.2) is 0 Å². The lowest BCUT2D eigenvalue weighted by Gasteiger charge is -2.40. The molecule has 0 amide bonds. The van der Waals surface area contributed by atoms with Crippen LogP contribution in [0.2, 0.25) is 0 Å². The van der Waals surface area contributed by atoms with Crippen molar-refractivity contribution >= 4 is 23.5 Å². The van der Waals surface area contributed by atoms with E-state index in [0.29, 0.717) is 11.6 Å². The van der Waals surface area contributed by atoms with Crippen LogP contribution in [0.4, 0.5) is 5.82 Å². The Labute approximate surface area is 110 Å². The van der Waals surface area contributed by atoms with Gasteiger partial charge in [-0.1, -0.05) is 6.42 Å². The van der Waals surface area contributed by atoms with E-state index >= 15 is 0 Å². The quantitative estimate of drug-likeness (QED) is 0.851. The topological polar surface area (TPSA) is 75.1 Å². The van der Waals surface area contributed by atoms with Crippen LogP contribution in [0.5, 0.6) is 0 Å². The number of aromatic carboxylic acids is 1. The van der Waals surface area contributed by atoms with Gasteiger partial charge in [0.1, 0.15) is 17.2 Å². The fourth-order valence-electron chi connectivity index (χ4n) is 2.03. The van der Waals surface area contributed by atoms with E-state index in [9.17, 15) is 4.79 Å². The van der Waals surface area contributed by atoms with Crippen molar-refractivity contribution in [1.29, 1.82) is 0 Å². The summed E-state index contributed by atoms with van der Waals surface area (Å²) in [6.45, 7) is 2.51. The van der Waals surface area contributed by atoms with Crippen LogP contribution in [0, 0.1) is 6.92 Å². The molecule has 0 unspecified atom stereocenters. The predicted molar refractivity (Wildman–Crippen MR) is 72.3 cm³/mol. The molecule has 1 aliphatic carbocycles. The average Bonchev–Trinajstić information content (AvgIpc) is 2.28. The Balaban J connectivity index is 2.12. The van der Waals surface area contributed by atoms with E-state index in [1.165, 1.54) is 25.5 Å². The number of hydrogen-bond donors (Lipinski definition) is 2. The molecule has 1 aromatic rings. The van der Waals surface area contributed by atoms with E-state index in [1.54, 1.807) is 6.92 Å². The highest BCUT2D eigenvalue weighted by Crippen LogP contribution is 2.42. The van der Waals surface area contributed by atoms with Gasteiger partial charge in [-0.2, -0.15) is 11.8 Å². The fourth-order valence-corrected chi connectivity index (χ4v) is 2.94. The summed E-state index contributed by atoms with van der Waals surface area (Å²) in [5.41, 5.74) is 0.135. The summed E-state index contributed by atoms with van der Waals surface area (Å²) in [6, 6.07) is 0. The number of carbonyl (C=O) groups is 1. The maximum atomic E-state index is 11.1. The van der Waals surface area contributed by atoms with Crippen molar-refractivity contribution in [3.63, 3.8) is 0 Å². The van der Waals surface area contributed by atoms with Crippen molar-refractivity contribution in [3.05, 3.63) is 17.6 Å². The molecule has 2 N–H and O–H groups in total. The molecule has 1 heterocycles. The summed E-state index contributed by atoms with van der Waals surface area (Å²) in [5.74, 6) is 0.00828. The molecule has 1 aliphatic rings. The Morgan fingerprint density at radius 2 is 2.33 bits per heavy atom. The van der Waals surface area contributed by atoms with Gasteiger partial charge in [-0.05, 0) is 26.0 Å². The molecule has 1 saturated carbocycles. The van der Waals surface area contributed by atoms with E-state index in [-0.39, 0.29) is 10.3 Å². The second-order valence-corrected chi connectivity index (χ2v) is 5.85. The number of thioether (sulfide) groups is 1. The number of carboxylic acids is 1.